The monoisotopic (exact) mass is 389 g/mol. The first kappa shape index (κ1) is 18.5. The van der Waals surface area contributed by atoms with E-state index in [1.54, 1.807) is 54.9 Å². The number of rotatable bonds is 5. The van der Waals surface area contributed by atoms with E-state index in [4.69, 9.17) is 9.47 Å². The predicted octanol–water partition coefficient (Wildman–Crippen LogP) is 2.79. The maximum Gasteiger partial charge on any atom is 0.269 e. The zero-order valence-corrected chi connectivity index (χ0v) is 15.5. The summed E-state index contributed by atoms with van der Waals surface area (Å²) in [4.78, 5) is 29.3. The SMILES string of the molecule is O=C(NCc1cccnc1)c1ccccc1NC(=O)[C@H]1COc2ccccc2O1. The van der Waals surface area contributed by atoms with Crippen LogP contribution < -0.4 is 20.1 Å². The number of carbonyl (C=O) groups excluding carboxylic acids is 2. The summed E-state index contributed by atoms with van der Waals surface area (Å²) in [5.41, 5.74) is 1.65. The second-order valence-electron chi connectivity index (χ2n) is 6.44. The molecule has 0 fully saturated rings. The van der Waals surface area contributed by atoms with Gasteiger partial charge in [-0.15, -0.1) is 0 Å². The van der Waals surface area contributed by atoms with Gasteiger partial charge < -0.3 is 20.1 Å². The number of hydrogen-bond acceptors (Lipinski definition) is 5. The standard InChI is InChI=1S/C22H19N3O4/c26-21(24-13-15-6-5-11-23-12-15)16-7-1-2-8-17(16)25-22(27)20-14-28-18-9-3-4-10-19(18)29-20/h1-12,20H,13-14H2,(H,24,26)(H,25,27)/t20-/m1/s1. The van der Waals surface area contributed by atoms with Crippen molar-refractivity contribution in [3.8, 4) is 11.5 Å². The summed E-state index contributed by atoms with van der Waals surface area (Å²) in [7, 11) is 0. The van der Waals surface area contributed by atoms with Crippen LogP contribution in [0.1, 0.15) is 15.9 Å². The largest absolute Gasteiger partial charge is 0.485 e. The molecule has 3 aromatic rings. The fourth-order valence-corrected chi connectivity index (χ4v) is 2.93. The molecule has 0 saturated carbocycles. The number of pyridine rings is 1. The van der Waals surface area contributed by atoms with Crippen molar-refractivity contribution in [2.24, 2.45) is 0 Å². The van der Waals surface area contributed by atoms with Gasteiger partial charge in [0.05, 0.1) is 11.3 Å². The molecule has 0 spiro atoms. The number of anilines is 1. The zero-order valence-electron chi connectivity index (χ0n) is 15.5. The highest BCUT2D eigenvalue weighted by Gasteiger charge is 2.28. The molecular weight excluding hydrogens is 370 g/mol. The van der Waals surface area contributed by atoms with Crippen molar-refractivity contribution >= 4 is 17.5 Å². The number of aromatic nitrogens is 1. The fraction of sp³-hybridized carbons (Fsp3) is 0.136. The number of para-hydroxylation sites is 3. The normalized spacial score (nSPS) is 14.7. The van der Waals surface area contributed by atoms with E-state index in [1.807, 2.05) is 18.2 Å². The number of amides is 2. The van der Waals surface area contributed by atoms with Crippen LogP contribution in [-0.2, 0) is 11.3 Å². The molecular formula is C22H19N3O4. The molecule has 2 N–H and O–H groups in total. The van der Waals surface area contributed by atoms with Crippen LogP contribution in [0.4, 0.5) is 5.69 Å². The van der Waals surface area contributed by atoms with Gasteiger partial charge in [-0.05, 0) is 35.9 Å². The van der Waals surface area contributed by atoms with Crippen molar-refractivity contribution in [1.82, 2.24) is 10.3 Å². The molecule has 7 heteroatoms. The van der Waals surface area contributed by atoms with Gasteiger partial charge in [0.2, 0.25) is 6.10 Å². The van der Waals surface area contributed by atoms with Crippen LogP contribution >= 0.6 is 0 Å². The number of nitrogens with zero attached hydrogens (tertiary/aromatic N) is 1. The average Bonchev–Trinajstić information content (AvgIpc) is 2.78. The molecule has 146 valence electrons. The highest BCUT2D eigenvalue weighted by Crippen LogP contribution is 2.31. The molecule has 0 aliphatic carbocycles. The van der Waals surface area contributed by atoms with Gasteiger partial charge in [0.25, 0.3) is 11.8 Å². The second-order valence-corrected chi connectivity index (χ2v) is 6.44. The van der Waals surface area contributed by atoms with Crippen molar-refractivity contribution in [2.75, 3.05) is 11.9 Å². The summed E-state index contributed by atoms with van der Waals surface area (Å²) in [6.45, 7) is 0.434. The van der Waals surface area contributed by atoms with Crippen LogP contribution in [0.3, 0.4) is 0 Å². The highest BCUT2D eigenvalue weighted by molar-refractivity contribution is 6.04. The molecule has 0 radical (unpaired) electrons. The number of nitrogens with one attached hydrogen (secondary N) is 2. The van der Waals surface area contributed by atoms with E-state index in [0.717, 1.165) is 5.56 Å². The van der Waals surface area contributed by atoms with Crippen molar-refractivity contribution in [3.63, 3.8) is 0 Å². The third-order valence-corrected chi connectivity index (χ3v) is 4.41. The van der Waals surface area contributed by atoms with Crippen molar-refractivity contribution in [1.29, 1.82) is 0 Å². The Hall–Kier alpha value is -3.87. The van der Waals surface area contributed by atoms with Gasteiger partial charge >= 0.3 is 0 Å². The molecule has 1 aromatic heterocycles. The molecule has 1 aliphatic rings. The molecule has 2 heterocycles. The smallest absolute Gasteiger partial charge is 0.269 e. The van der Waals surface area contributed by atoms with Crippen LogP contribution in [0.15, 0.2) is 73.1 Å². The highest BCUT2D eigenvalue weighted by atomic mass is 16.6. The fourth-order valence-electron chi connectivity index (χ4n) is 2.93. The summed E-state index contributed by atoms with van der Waals surface area (Å²) in [6, 6.07) is 17.7. The van der Waals surface area contributed by atoms with Gasteiger partial charge in [0, 0.05) is 18.9 Å². The summed E-state index contributed by atoms with van der Waals surface area (Å²) in [5, 5.41) is 5.61. The Balaban J connectivity index is 1.43. The first-order valence-electron chi connectivity index (χ1n) is 9.16. The van der Waals surface area contributed by atoms with Crippen molar-refractivity contribution in [3.05, 3.63) is 84.2 Å². The molecule has 4 rings (SSSR count). The minimum Gasteiger partial charge on any atom is -0.485 e. The Morgan fingerprint density at radius 1 is 1.00 bits per heavy atom. The van der Waals surface area contributed by atoms with Crippen LogP contribution in [0.2, 0.25) is 0 Å². The van der Waals surface area contributed by atoms with Crippen molar-refractivity contribution < 1.29 is 19.1 Å². The number of benzene rings is 2. The van der Waals surface area contributed by atoms with Gasteiger partial charge in [-0.1, -0.05) is 30.3 Å². The van der Waals surface area contributed by atoms with E-state index < -0.39 is 6.10 Å². The van der Waals surface area contributed by atoms with E-state index in [0.29, 0.717) is 29.3 Å². The quantitative estimate of drug-likeness (QED) is 0.700. The van der Waals surface area contributed by atoms with Gasteiger partial charge in [-0.25, -0.2) is 0 Å². The molecule has 0 bridgehead atoms. The Bertz CT molecular complexity index is 1020. The first-order chi connectivity index (χ1) is 14.2. The maximum absolute atomic E-state index is 12.7. The molecule has 2 aromatic carbocycles. The Morgan fingerprint density at radius 3 is 2.62 bits per heavy atom. The van der Waals surface area contributed by atoms with Gasteiger partial charge in [-0.3, -0.25) is 14.6 Å². The van der Waals surface area contributed by atoms with E-state index in [2.05, 4.69) is 15.6 Å². The van der Waals surface area contributed by atoms with Crippen LogP contribution in [0, 0.1) is 0 Å². The Morgan fingerprint density at radius 2 is 1.79 bits per heavy atom. The second kappa shape index (κ2) is 8.43. The third-order valence-electron chi connectivity index (χ3n) is 4.41. The topological polar surface area (TPSA) is 89.6 Å². The number of ether oxygens (including phenoxy) is 2. The lowest BCUT2D eigenvalue weighted by atomic mass is 10.1. The van der Waals surface area contributed by atoms with E-state index in [1.165, 1.54) is 0 Å². The zero-order chi connectivity index (χ0) is 20.1. The molecule has 2 amide bonds. The lowest BCUT2D eigenvalue weighted by Crippen LogP contribution is -2.40. The number of hydrogen-bond donors (Lipinski definition) is 2. The third kappa shape index (κ3) is 4.35. The molecule has 0 unspecified atom stereocenters. The average molecular weight is 389 g/mol. The van der Waals surface area contributed by atoms with Gasteiger partial charge in [0.15, 0.2) is 11.5 Å². The van der Waals surface area contributed by atoms with Crippen LogP contribution in [0.25, 0.3) is 0 Å². The first-order valence-corrected chi connectivity index (χ1v) is 9.16. The maximum atomic E-state index is 12.7. The summed E-state index contributed by atoms with van der Waals surface area (Å²) < 4.78 is 11.3. The van der Waals surface area contributed by atoms with E-state index in [-0.39, 0.29) is 18.4 Å². The lowest BCUT2D eigenvalue weighted by molar-refractivity contribution is -0.125. The minimum absolute atomic E-state index is 0.0955. The molecule has 7 nitrogen and oxygen atoms in total. The van der Waals surface area contributed by atoms with Crippen molar-refractivity contribution in [2.45, 2.75) is 12.6 Å². The van der Waals surface area contributed by atoms with E-state index >= 15 is 0 Å². The minimum atomic E-state index is -0.809. The Labute approximate surface area is 167 Å². The Kier molecular flexibility index (Phi) is 5.38. The van der Waals surface area contributed by atoms with Crippen LogP contribution in [-0.4, -0.2) is 29.5 Å². The molecule has 1 aliphatic heterocycles. The summed E-state index contributed by atoms with van der Waals surface area (Å²) in [5.74, 6) is 0.441. The molecule has 0 saturated heterocycles. The van der Waals surface area contributed by atoms with Gasteiger partial charge in [0.1, 0.15) is 6.61 Å². The number of carbonyl (C=O) groups is 2. The van der Waals surface area contributed by atoms with Crippen LogP contribution in [0.5, 0.6) is 11.5 Å². The number of fused-ring (bicyclic) bond motifs is 1. The van der Waals surface area contributed by atoms with Gasteiger partial charge in [-0.2, -0.15) is 0 Å². The summed E-state index contributed by atoms with van der Waals surface area (Å²) >= 11 is 0. The lowest BCUT2D eigenvalue weighted by Gasteiger charge is -2.25. The molecule has 1 atom stereocenters. The molecule has 29 heavy (non-hydrogen) atoms. The predicted molar refractivity (Wildman–Crippen MR) is 107 cm³/mol. The van der Waals surface area contributed by atoms with E-state index in [9.17, 15) is 9.59 Å². The summed E-state index contributed by atoms with van der Waals surface area (Å²) in [6.07, 6.45) is 2.55.